The molecule has 0 saturated heterocycles. The van der Waals surface area contributed by atoms with Gasteiger partial charge in [-0.15, -0.1) is 0 Å². The minimum Gasteiger partial charge on any atom is -0.460 e. The molecule has 1 rings (SSSR count). The number of ether oxygens (including phenoxy) is 1. The minimum atomic E-state index is -0.849. The van der Waals surface area contributed by atoms with Crippen LogP contribution < -0.4 is 10.5 Å². The van der Waals surface area contributed by atoms with Crippen molar-refractivity contribution < 1.29 is 4.74 Å². The number of halogens is 2. The summed E-state index contributed by atoms with van der Waals surface area (Å²) in [5.41, 5.74) is 6.35. The second-order valence-corrected chi connectivity index (χ2v) is 3.21. The number of alkyl halides is 2. The maximum Gasteiger partial charge on any atom is 0.247 e. The zero-order valence-corrected chi connectivity index (χ0v) is 7.85. The number of hydrogen-bond acceptors (Lipinski definition) is 2. The van der Waals surface area contributed by atoms with Crippen LogP contribution in [0.2, 0.25) is 0 Å². The van der Waals surface area contributed by atoms with Gasteiger partial charge >= 0.3 is 0 Å². The third-order valence-electron chi connectivity index (χ3n) is 1.41. The van der Waals surface area contributed by atoms with Crippen LogP contribution in [0.15, 0.2) is 24.3 Å². The van der Waals surface area contributed by atoms with Crippen LogP contribution in [-0.2, 0) is 6.54 Å². The van der Waals surface area contributed by atoms with Gasteiger partial charge in [0.05, 0.1) is 0 Å². The molecule has 4 heteroatoms. The van der Waals surface area contributed by atoms with Gasteiger partial charge in [0.2, 0.25) is 5.02 Å². The van der Waals surface area contributed by atoms with Crippen LogP contribution in [-0.4, -0.2) is 5.02 Å². The molecule has 2 N–H and O–H groups in total. The molecule has 0 unspecified atom stereocenters. The summed E-state index contributed by atoms with van der Waals surface area (Å²) in [5, 5.41) is -0.849. The Kier molecular flexibility index (Phi) is 3.66. The zero-order chi connectivity index (χ0) is 8.97. The molecule has 0 aliphatic carbocycles. The lowest BCUT2D eigenvalue weighted by Gasteiger charge is -2.09. The van der Waals surface area contributed by atoms with Crippen LogP contribution >= 0.6 is 23.2 Å². The fourth-order valence-electron chi connectivity index (χ4n) is 0.883. The number of para-hydroxylation sites is 1. The smallest absolute Gasteiger partial charge is 0.247 e. The fraction of sp³-hybridized carbons (Fsp3) is 0.250. The van der Waals surface area contributed by atoms with Crippen LogP contribution in [0, 0.1) is 0 Å². The molecule has 0 bridgehead atoms. The first kappa shape index (κ1) is 9.65. The largest absolute Gasteiger partial charge is 0.460 e. The molecular formula is C8H9Cl2NO. The van der Waals surface area contributed by atoms with E-state index in [-0.39, 0.29) is 0 Å². The second kappa shape index (κ2) is 4.55. The summed E-state index contributed by atoms with van der Waals surface area (Å²) >= 11 is 10.9. The van der Waals surface area contributed by atoms with Crippen molar-refractivity contribution in [3.05, 3.63) is 29.8 Å². The standard InChI is InChI=1S/C8H9Cl2NO/c9-8(10)12-7-4-2-1-3-6(7)5-11/h1-4,8H,5,11H2. The lowest BCUT2D eigenvalue weighted by Crippen LogP contribution is -2.04. The Hall–Kier alpha value is -0.440. The van der Waals surface area contributed by atoms with Crippen molar-refractivity contribution in [2.75, 3.05) is 0 Å². The Balaban J connectivity index is 2.82. The van der Waals surface area contributed by atoms with E-state index in [1.807, 2.05) is 18.2 Å². The normalized spacial score (nSPS) is 10.3. The lowest BCUT2D eigenvalue weighted by molar-refractivity contribution is 0.350. The van der Waals surface area contributed by atoms with Crippen molar-refractivity contribution in [3.8, 4) is 5.75 Å². The number of benzene rings is 1. The average molecular weight is 206 g/mol. The van der Waals surface area contributed by atoms with Gasteiger partial charge in [0.25, 0.3) is 0 Å². The molecule has 0 aliphatic heterocycles. The third kappa shape index (κ3) is 2.55. The van der Waals surface area contributed by atoms with Gasteiger partial charge in [0, 0.05) is 12.1 Å². The van der Waals surface area contributed by atoms with Gasteiger partial charge < -0.3 is 10.5 Å². The first-order valence-electron chi connectivity index (χ1n) is 3.47. The Morgan fingerprint density at radius 3 is 2.58 bits per heavy atom. The molecule has 66 valence electrons. The van der Waals surface area contributed by atoms with Gasteiger partial charge in [0.1, 0.15) is 5.75 Å². The van der Waals surface area contributed by atoms with E-state index in [1.54, 1.807) is 6.07 Å². The highest BCUT2D eigenvalue weighted by Gasteiger charge is 2.04. The highest BCUT2D eigenvalue weighted by atomic mass is 35.5. The Morgan fingerprint density at radius 2 is 2.00 bits per heavy atom. The SMILES string of the molecule is NCc1ccccc1OC(Cl)Cl. The van der Waals surface area contributed by atoms with Crippen molar-refractivity contribution in [1.29, 1.82) is 0 Å². The molecule has 0 spiro atoms. The molecule has 12 heavy (non-hydrogen) atoms. The predicted molar refractivity (Wildman–Crippen MR) is 50.5 cm³/mol. The van der Waals surface area contributed by atoms with Crippen molar-refractivity contribution in [1.82, 2.24) is 0 Å². The summed E-state index contributed by atoms with van der Waals surface area (Å²) in [6, 6.07) is 7.36. The summed E-state index contributed by atoms with van der Waals surface area (Å²) in [5.74, 6) is 0.634. The quantitative estimate of drug-likeness (QED) is 0.770. The van der Waals surface area contributed by atoms with Gasteiger partial charge in [-0.05, 0) is 6.07 Å². The van der Waals surface area contributed by atoms with Gasteiger partial charge in [0.15, 0.2) is 0 Å². The Labute approximate surface area is 81.2 Å². The van der Waals surface area contributed by atoms with Gasteiger partial charge in [-0.2, -0.15) is 0 Å². The first-order valence-corrected chi connectivity index (χ1v) is 4.34. The van der Waals surface area contributed by atoms with E-state index >= 15 is 0 Å². The zero-order valence-electron chi connectivity index (χ0n) is 6.34. The molecule has 1 aromatic rings. The van der Waals surface area contributed by atoms with E-state index in [2.05, 4.69) is 0 Å². The van der Waals surface area contributed by atoms with Crippen molar-refractivity contribution in [3.63, 3.8) is 0 Å². The monoisotopic (exact) mass is 205 g/mol. The fourth-order valence-corrected chi connectivity index (χ4v) is 1.08. The number of rotatable bonds is 3. The minimum absolute atomic E-state index is 0.413. The predicted octanol–water partition coefficient (Wildman–Crippen LogP) is 2.29. The summed E-state index contributed by atoms with van der Waals surface area (Å²) in [6.07, 6.45) is 0. The van der Waals surface area contributed by atoms with Gasteiger partial charge in [-0.25, -0.2) is 0 Å². The maximum atomic E-state index is 5.46. The molecular weight excluding hydrogens is 197 g/mol. The molecule has 0 radical (unpaired) electrons. The average Bonchev–Trinajstić information content (AvgIpc) is 2.04. The van der Waals surface area contributed by atoms with E-state index in [1.165, 1.54) is 0 Å². The van der Waals surface area contributed by atoms with Crippen molar-refractivity contribution in [2.45, 2.75) is 11.6 Å². The third-order valence-corrected chi connectivity index (χ3v) is 1.59. The Morgan fingerprint density at radius 1 is 1.33 bits per heavy atom. The molecule has 0 atom stereocenters. The van der Waals surface area contributed by atoms with Gasteiger partial charge in [-0.3, -0.25) is 0 Å². The second-order valence-electron chi connectivity index (χ2n) is 2.19. The highest BCUT2D eigenvalue weighted by Crippen LogP contribution is 2.20. The van der Waals surface area contributed by atoms with Crippen LogP contribution in [0.5, 0.6) is 5.75 Å². The van der Waals surface area contributed by atoms with E-state index in [0.29, 0.717) is 12.3 Å². The van der Waals surface area contributed by atoms with Crippen LogP contribution in [0.1, 0.15) is 5.56 Å². The number of nitrogens with two attached hydrogens (primary N) is 1. The van der Waals surface area contributed by atoms with E-state index in [0.717, 1.165) is 5.56 Å². The Bertz CT molecular complexity index is 253. The molecule has 0 aromatic heterocycles. The summed E-state index contributed by atoms with van der Waals surface area (Å²) in [7, 11) is 0. The van der Waals surface area contributed by atoms with E-state index < -0.39 is 5.02 Å². The summed E-state index contributed by atoms with van der Waals surface area (Å²) in [4.78, 5) is 0. The molecule has 0 heterocycles. The molecule has 0 saturated carbocycles. The number of hydrogen-bond donors (Lipinski definition) is 1. The van der Waals surface area contributed by atoms with E-state index in [9.17, 15) is 0 Å². The molecule has 2 nitrogen and oxygen atoms in total. The highest BCUT2D eigenvalue weighted by molar-refractivity contribution is 6.43. The van der Waals surface area contributed by atoms with Crippen LogP contribution in [0.25, 0.3) is 0 Å². The maximum absolute atomic E-state index is 5.46. The summed E-state index contributed by atoms with van der Waals surface area (Å²) in [6.45, 7) is 0.413. The first-order chi connectivity index (χ1) is 5.74. The van der Waals surface area contributed by atoms with Crippen molar-refractivity contribution in [2.24, 2.45) is 5.73 Å². The lowest BCUT2D eigenvalue weighted by atomic mass is 10.2. The molecule has 0 fully saturated rings. The van der Waals surface area contributed by atoms with Crippen molar-refractivity contribution >= 4 is 23.2 Å². The van der Waals surface area contributed by atoms with Crippen LogP contribution in [0.3, 0.4) is 0 Å². The van der Waals surface area contributed by atoms with Gasteiger partial charge in [-0.1, -0.05) is 41.4 Å². The topological polar surface area (TPSA) is 35.2 Å². The van der Waals surface area contributed by atoms with E-state index in [4.69, 9.17) is 33.7 Å². The summed E-state index contributed by atoms with van der Waals surface area (Å²) < 4.78 is 5.09. The van der Waals surface area contributed by atoms with Crippen LogP contribution in [0.4, 0.5) is 0 Å². The molecule has 0 amide bonds. The molecule has 1 aromatic carbocycles. The molecule has 0 aliphatic rings.